The van der Waals surface area contributed by atoms with Crippen LogP contribution in [0.3, 0.4) is 0 Å². The van der Waals surface area contributed by atoms with Crippen LogP contribution in [0.1, 0.15) is 127 Å². The van der Waals surface area contributed by atoms with E-state index in [0.29, 0.717) is 10.8 Å². The predicted molar refractivity (Wildman–Crippen MR) is 163 cm³/mol. The van der Waals surface area contributed by atoms with Gasteiger partial charge in [0.1, 0.15) is 0 Å². The molecule has 4 heteroatoms. The number of aliphatic hydroxyl groups excluding tert-OH is 2. The van der Waals surface area contributed by atoms with Gasteiger partial charge in [-0.05, 0) is 124 Å². The van der Waals surface area contributed by atoms with E-state index >= 15 is 0 Å². The van der Waals surface area contributed by atoms with Crippen molar-refractivity contribution in [2.24, 2.45) is 52.1 Å². The summed E-state index contributed by atoms with van der Waals surface area (Å²) in [5.41, 5.74) is 8.95. The summed E-state index contributed by atoms with van der Waals surface area (Å²) in [5.74, 6) is 5.22. The highest BCUT2D eigenvalue weighted by molar-refractivity contribution is 5.70. The fraction of sp³-hybridized carbons (Fsp3) is 0.853. The second-order valence-electron chi connectivity index (χ2n) is 13.9. The number of aliphatic hydroxyl groups is 2. The lowest BCUT2D eigenvalue weighted by atomic mass is 9.61. The number of amides is 1. The fourth-order valence-electron chi connectivity index (χ4n) is 7.45. The number of allylic oxidation sites excluding steroid dienone is 4. The Balaban J connectivity index is 0.000000298. The first kappa shape index (κ1) is 34.9. The van der Waals surface area contributed by atoms with Gasteiger partial charge in [-0.25, -0.2) is 0 Å². The van der Waals surface area contributed by atoms with E-state index in [1.165, 1.54) is 71.1 Å². The van der Waals surface area contributed by atoms with Crippen LogP contribution in [0.15, 0.2) is 23.3 Å². The Morgan fingerprint density at radius 3 is 1.34 bits per heavy atom. The zero-order valence-electron chi connectivity index (χ0n) is 26.5. The first-order valence-corrected chi connectivity index (χ1v) is 15.6. The molecule has 4 nitrogen and oxygen atoms in total. The van der Waals surface area contributed by atoms with E-state index in [-0.39, 0.29) is 19.1 Å². The van der Waals surface area contributed by atoms with Crippen LogP contribution >= 0.6 is 0 Å². The third-order valence-electron chi connectivity index (χ3n) is 10.2. The lowest BCUT2D eigenvalue weighted by molar-refractivity contribution is -0.115. The monoisotopic (exact) mass is 533 g/mol. The molecule has 0 aromatic carbocycles. The van der Waals surface area contributed by atoms with Crippen molar-refractivity contribution < 1.29 is 15.0 Å². The van der Waals surface area contributed by atoms with Gasteiger partial charge in [0, 0.05) is 6.92 Å². The van der Waals surface area contributed by atoms with Gasteiger partial charge in [-0.1, -0.05) is 64.8 Å². The summed E-state index contributed by atoms with van der Waals surface area (Å²) >= 11 is 0. The molecule has 0 aromatic rings. The SMILES string of the molecule is CC(N)=O.CC1=C[C@@]2(CC1)C[C@H](C(C)C)CC[C@H]2C.CC1=C[C@@]2(CC1)C[C@H](C(C)C)CC[C@H]2C.OCCO. The minimum atomic E-state index is -0.333. The Hall–Kier alpha value is -1.13. The molecule has 38 heavy (non-hydrogen) atoms. The zero-order chi connectivity index (χ0) is 29.1. The molecule has 0 heterocycles. The van der Waals surface area contributed by atoms with Crippen molar-refractivity contribution in [3.8, 4) is 0 Å². The van der Waals surface area contributed by atoms with Crippen LogP contribution in [0.25, 0.3) is 0 Å². The quantitative estimate of drug-likeness (QED) is 0.321. The smallest absolute Gasteiger partial charge is 0.214 e. The van der Waals surface area contributed by atoms with Gasteiger partial charge in [-0.15, -0.1) is 0 Å². The average Bonchev–Trinajstić information content (AvgIpc) is 3.40. The number of carbonyl (C=O) groups is 1. The van der Waals surface area contributed by atoms with Crippen molar-refractivity contribution in [2.75, 3.05) is 13.2 Å². The summed E-state index contributed by atoms with van der Waals surface area (Å²) in [6, 6.07) is 0. The number of rotatable bonds is 3. The average molecular weight is 534 g/mol. The van der Waals surface area contributed by atoms with Gasteiger partial charge in [-0.2, -0.15) is 0 Å². The van der Waals surface area contributed by atoms with E-state index in [9.17, 15) is 4.79 Å². The molecule has 0 saturated heterocycles. The molecule has 0 aliphatic heterocycles. The van der Waals surface area contributed by atoms with Crippen LogP contribution in [0, 0.1) is 46.3 Å². The van der Waals surface area contributed by atoms with Crippen molar-refractivity contribution >= 4 is 5.91 Å². The molecule has 2 spiro atoms. The predicted octanol–water partition coefficient (Wildman–Crippen LogP) is 8.07. The van der Waals surface area contributed by atoms with Crippen molar-refractivity contribution in [3.63, 3.8) is 0 Å². The van der Waals surface area contributed by atoms with Crippen LogP contribution in [0.4, 0.5) is 0 Å². The summed E-state index contributed by atoms with van der Waals surface area (Å²) in [7, 11) is 0. The van der Waals surface area contributed by atoms with Crippen LogP contribution in [-0.4, -0.2) is 29.3 Å². The third-order valence-corrected chi connectivity index (χ3v) is 10.2. The summed E-state index contributed by atoms with van der Waals surface area (Å²) in [5, 5.41) is 15.2. The van der Waals surface area contributed by atoms with Crippen LogP contribution < -0.4 is 5.73 Å². The van der Waals surface area contributed by atoms with Gasteiger partial charge >= 0.3 is 0 Å². The second kappa shape index (κ2) is 16.2. The standard InChI is InChI=1S/2C15H26.C2H5NO.C2H6O2/c2*1-11(2)14-6-5-13(4)15(10-14)8-7-12(3)9-15;1-2(3)4;3-1-2-4/h2*9,11,13-14H,5-8,10H2,1-4H3;1H3,(H2,3,4);3-4H,1-2H2/t2*13-,14-,15+;;/m11../s1. The minimum Gasteiger partial charge on any atom is -0.394 e. The van der Waals surface area contributed by atoms with E-state index in [1.54, 1.807) is 11.1 Å². The lowest BCUT2D eigenvalue weighted by Gasteiger charge is -2.44. The minimum absolute atomic E-state index is 0.125. The highest BCUT2D eigenvalue weighted by atomic mass is 16.3. The van der Waals surface area contributed by atoms with E-state index in [1.807, 2.05) is 0 Å². The molecule has 0 aromatic heterocycles. The molecule has 4 N–H and O–H groups in total. The van der Waals surface area contributed by atoms with Crippen LogP contribution in [0.2, 0.25) is 0 Å². The number of hydrogen-bond acceptors (Lipinski definition) is 3. The number of hydrogen-bond donors (Lipinski definition) is 3. The van der Waals surface area contributed by atoms with Crippen LogP contribution in [0.5, 0.6) is 0 Å². The molecule has 2 saturated carbocycles. The molecule has 4 aliphatic carbocycles. The Morgan fingerprint density at radius 2 is 1.13 bits per heavy atom. The topological polar surface area (TPSA) is 83.6 Å². The molecule has 222 valence electrons. The number of carbonyl (C=O) groups excluding carboxylic acids is 1. The summed E-state index contributed by atoms with van der Waals surface area (Å²) < 4.78 is 0. The van der Waals surface area contributed by atoms with Crippen molar-refractivity contribution in [1.82, 2.24) is 0 Å². The molecule has 6 atom stereocenters. The van der Waals surface area contributed by atoms with Gasteiger partial charge in [0.2, 0.25) is 5.91 Å². The fourth-order valence-corrected chi connectivity index (χ4v) is 7.45. The maximum Gasteiger partial charge on any atom is 0.214 e. The van der Waals surface area contributed by atoms with Crippen LogP contribution in [-0.2, 0) is 4.79 Å². The first-order chi connectivity index (χ1) is 17.7. The maximum absolute atomic E-state index is 9.22. The first-order valence-electron chi connectivity index (χ1n) is 15.6. The molecule has 0 unspecified atom stereocenters. The molecule has 2 fully saturated rings. The van der Waals surface area contributed by atoms with E-state index in [0.717, 1.165) is 35.5 Å². The Kier molecular flexibility index (Phi) is 14.9. The molecule has 4 rings (SSSR count). The van der Waals surface area contributed by atoms with E-state index < -0.39 is 0 Å². The van der Waals surface area contributed by atoms with Crippen molar-refractivity contribution in [1.29, 1.82) is 0 Å². The summed E-state index contributed by atoms with van der Waals surface area (Å²) in [6.07, 6.45) is 19.6. The van der Waals surface area contributed by atoms with Crippen molar-refractivity contribution in [3.05, 3.63) is 23.3 Å². The molecular weight excluding hydrogens is 470 g/mol. The van der Waals surface area contributed by atoms with Gasteiger partial charge in [-0.3, -0.25) is 4.79 Å². The number of nitrogens with two attached hydrogens (primary N) is 1. The summed E-state index contributed by atoms with van der Waals surface area (Å²) in [4.78, 5) is 9.22. The second-order valence-corrected chi connectivity index (χ2v) is 13.9. The van der Waals surface area contributed by atoms with E-state index in [2.05, 4.69) is 73.3 Å². The maximum atomic E-state index is 9.22. The molecule has 1 amide bonds. The Morgan fingerprint density at radius 1 is 0.816 bits per heavy atom. The molecule has 0 radical (unpaired) electrons. The Labute approximate surface area is 235 Å². The highest BCUT2D eigenvalue weighted by Gasteiger charge is 2.43. The van der Waals surface area contributed by atoms with Gasteiger partial charge in [0.05, 0.1) is 13.2 Å². The lowest BCUT2D eigenvalue weighted by Crippen LogP contribution is -2.34. The van der Waals surface area contributed by atoms with Gasteiger partial charge in [0.25, 0.3) is 0 Å². The van der Waals surface area contributed by atoms with E-state index in [4.69, 9.17) is 10.2 Å². The summed E-state index contributed by atoms with van der Waals surface area (Å²) in [6.45, 7) is 20.3. The highest BCUT2D eigenvalue weighted by Crippen LogP contribution is 2.54. The Bertz CT molecular complexity index is 708. The third kappa shape index (κ3) is 10.5. The van der Waals surface area contributed by atoms with Crippen molar-refractivity contribution in [2.45, 2.75) is 127 Å². The zero-order valence-corrected chi connectivity index (χ0v) is 26.5. The molecule has 0 bridgehead atoms. The largest absolute Gasteiger partial charge is 0.394 e. The van der Waals surface area contributed by atoms with Gasteiger partial charge in [0.15, 0.2) is 0 Å². The number of primary amides is 1. The molecular formula is C34H63NO3. The van der Waals surface area contributed by atoms with Gasteiger partial charge < -0.3 is 15.9 Å². The normalized spacial score (nSPS) is 34.0. The molecule has 4 aliphatic rings.